The van der Waals surface area contributed by atoms with Gasteiger partial charge >= 0.3 is 1.43 Å². The molecule has 0 saturated carbocycles. The molecule has 2 aromatic heterocycles. The monoisotopic (exact) mass is 158 g/mol. The highest BCUT2D eigenvalue weighted by Crippen LogP contribution is 2.10. The van der Waals surface area contributed by atoms with Gasteiger partial charge in [-0.15, -0.1) is 0 Å². The summed E-state index contributed by atoms with van der Waals surface area (Å²) in [5.74, 6) is 0. The molecule has 2 aromatic rings. The van der Waals surface area contributed by atoms with E-state index in [1.165, 1.54) is 0 Å². The van der Waals surface area contributed by atoms with Crippen molar-refractivity contribution in [1.29, 1.82) is 0 Å². The van der Waals surface area contributed by atoms with Crippen LogP contribution in [0.2, 0.25) is 0 Å². The summed E-state index contributed by atoms with van der Waals surface area (Å²) in [4.78, 5) is 8.37. The molecule has 0 aliphatic rings. The fourth-order valence-corrected chi connectivity index (χ4v) is 1.16. The highest BCUT2D eigenvalue weighted by atomic mass is 14.7. The SMILES string of the molecule is [CH2]Cc1cc2cccnc2cn1.[H+]. The van der Waals surface area contributed by atoms with E-state index in [0.29, 0.717) is 0 Å². The van der Waals surface area contributed by atoms with Crippen LogP contribution in [0.25, 0.3) is 10.9 Å². The van der Waals surface area contributed by atoms with Crippen molar-refractivity contribution in [3.8, 4) is 0 Å². The minimum Gasteiger partial charge on any atom is -0.259 e. The molecule has 0 N–H and O–H groups in total. The third kappa shape index (κ3) is 1.16. The van der Waals surface area contributed by atoms with E-state index in [2.05, 4.69) is 16.9 Å². The molecular weight excluding hydrogens is 148 g/mol. The lowest BCUT2D eigenvalue weighted by Gasteiger charge is -1.97. The molecule has 1 radical (unpaired) electrons. The van der Waals surface area contributed by atoms with Gasteiger partial charge in [0.1, 0.15) is 0 Å². The van der Waals surface area contributed by atoms with E-state index in [4.69, 9.17) is 0 Å². The third-order valence-electron chi connectivity index (χ3n) is 1.80. The first-order valence-corrected chi connectivity index (χ1v) is 3.89. The Kier molecular flexibility index (Phi) is 1.74. The van der Waals surface area contributed by atoms with Gasteiger partial charge in [0.2, 0.25) is 0 Å². The Morgan fingerprint density at radius 1 is 1.42 bits per heavy atom. The van der Waals surface area contributed by atoms with Gasteiger partial charge in [-0.3, -0.25) is 9.97 Å². The van der Waals surface area contributed by atoms with E-state index in [0.717, 1.165) is 23.0 Å². The average Bonchev–Trinajstić information content (AvgIpc) is 2.17. The van der Waals surface area contributed by atoms with Crippen LogP contribution in [-0.2, 0) is 6.42 Å². The van der Waals surface area contributed by atoms with Gasteiger partial charge in [-0.1, -0.05) is 6.07 Å². The number of rotatable bonds is 1. The van der Waals surface area contributed by atoms with Crippen molar-refractivity contribution in [2.45, 2.75) is 6.42 Å². The predicted molar refractivity (Wildman–Crippen MR) is 49.7 cm³/mol. The molecule has 0 spiro atoms. The molecule has 0 bridgehead atoms. The largest absolute Gasteiger partial charge is 1.00 e. The van der Waals surface area contributed by atoms with Gasteiger partial charge < -0.3 is 0 Å². The zero-order valence-electron chi connectivity index (χ0n) is 7.70. The van der Waals surface area contributed by atoms with Crippen molar-refractivity contribution < 1.29 is 1.43 Å². The average molecular weight is 158 g/mol. The molecule has 59 valence electrons. The van der Waals surface area contributed by atoms with Crippen LogP contribution in [0, 0.1) is 6.92 Å². The molecule has 0 aliphatic heterocycles. The minimum absolute atomic E-state index is 0. The smallest absolute Gasteiger partial charge is 0.259 e. The summed E-state index contributed by atoms with van der Waals surface area (Å²) >= 11 is 0. The van der Waals surface area contributed by atoms with Gasteiger partial charge in [0, 0.05) is 17.3 Å². The molecule has 0 saturated heterocycles. The highest BCUT2D eigenvalue weighted by molar-refractivity contribution is 5.77. The van der Waals surface area contributed by atoms with Crippen molar-refractivity contribution in [1.82, 2.24) is 9.97 Å². The van der Waals surface area contributed by atoms with Crippen LogP contribution >= 0.6 is 0 Å². The summed E-state index contributed by atoms with van der Waals surface area (Å²) in [7, 11) is 0. The Morgan fingerprint density at radius 2 is 2.33 bits per heavy atom. The molecular formula is C10H10N2+. The molecule has 2 rings (SSSR count). The maximum atomic E-state index is 4.20. The van der Waals surface area contributed by atoms with Crippen molar-refractivity contribution in [2.75, 3.05) is 0 Å². The number of hydrogen-bond acceptors (Lipinski definition) is 2. The fourth-order valence-electron chi connectivity index (χ4n) is 1.16. The van der Waals surface area contributed by atoms with E-state index in [9.17, 15) is 0 Å². The first kappa shape index (κ1) is 7.22. The number of nitrogens with zero attached hydrogens (tertiary/aromatic N) is 2. The lowest BCUT2D eigenvalue weighted by atomic mass is 10.2. The van der Waals surface area contributed by atoms with Gasteiger partial charge in [0.05, 0.1) is 11.7 Å². The molecule has 2 heterocycles. The summed E-state index contributed by atoms with van der Waals surface area (Å²) in [6, 6.07) is 5.98. The van der Waals surface area contributed by atoms with Crippen molar-refractivity contribution >= 4 is 10.9 Å². The Bertz CT molecular complexity index is 401. The summed E-state index contributed by atoms with van der Waals surface area (Å²) in [6.45, 7) is 3.78. The molecule has 0 amide bonds. The van der Waals surface area contributed by atoms with Gasteiger partial charge in [-0.25, -0.2) is 0 Å². The maximum Gasteiger partial charge on any atom is 1.00 e. The number of hydrogen-bond donors (Lipinski definition) is 0. The van der Waals surface area contributed by atoms with Gasteiger partial charge in [0.15, 0.2) is 0 Å². The number of pyridine rings is 2. The Hall–Kier alpha value is -1.44. The molecule has 12 heavy (non-hydrogen) atoms. The second-order valence-electron chi connectivity index (χ2n) is 2.62. The number of aromatic nitrogens is 2. The predicted octanol–water partition coefficient (Wildman–Crippen LogP) is 2.12. The van der Waals surface area contributed by atoms with Crippen LogP contribution in [0.4, 0.5) is 0 Å². The zero-order chi connectivity index (χ0) is 8.39. The standard InChI is InChI=1S/C10H9N2/c1-2-9-6-8-4-3-5-11-10(8)7-12-9/h3-7H,1-2H2/p+1. The van der Waals surface area contributed by atoms with Gasteiger partial charge in [0.25, 0.3) is 0 Å². The first-order valence-electron chi connectivity index (χ1n) is 3.89. The van der Waals surface area contributed by atoms with E-state index < -0.39 is 0 Å². The molecule has 2 nitrogen and oxygen atoms in total. The molecule has 0 aromatic carbocycles. The lowest BCUT2D eigenvalue weighted by Crippen LogP contribution is -1.87. The maximum absolute atomic E-state index is 4.20. The normalized spacial score (nSPS) is 10.4. The molecule has 0 aliphatic carbocycles. The van der Waals surface area contributed by atoms with E-state index >= 15 is 0 Å². The second kappa shape index (κ2) is 2.89. The Morgan fingerprint density at radius 3 is 3.17 bits per heavy atom. The Labute approximate surface area is 72.8 Å². The lowest BCUT2D eigenvalue weighted by molar-refractivity contribution is 1.12. The summed E-state index contributed by atoms with van der Waals surface area (Å²) in [5, 5.41) is 1.13. The van der Waals surface area contributed by atoms with Crippen LogP contribution in [-0.4, -0.2) is 9.97 Å². The van der Waals surface area contributed by atoms with Crippen molar-refractivity contribution in [2.24, 2.45) is 0 Å². The van der Waals surface area contributed by atoms with Crippen LogP contribution in [0.1, 0.15) is 7.12 Å². The second-order valence-corrected chi connectivity index (χ2v) is 2.62. The molecule has 0 fully saturated rings. The first-order chi connectivity index (χ1) is 5.90. The summed E-state index contributed by atoms with van der Waals surface area (Å²) in [6.07, 6.45) is 4.29. The summed E-state index contributed by atoms with van der Waals surface area (Å²) in [5.41, 5.74) is 1.95. The minimum atomic E-state index is 0. The van der Waals surface area contributed by atoms with Crippen molar-refractivity contribution in [3.05, 3.63) is 43.2 Å². The Balaban J connectivity index is 0.000000845. The quantitative estimate of drug-likeness (QED) is 0.635. The summed E-state index contributed by atoms with van der Waals surface area (Å²) < 4.78 is 0. The van der Waals surface area contributed by atoms with E-state index in [-0.39, 0.29) is 1.43 Å². The van der Waals surface area contributed by atoms with Crippen molar-refractivity contribution in [3.63, 3.8) is 0 Å². The topological polar surface area (TPSA) is 25.8 Å². The third-order valence-corrected chi connectivity index (χ3v) is 1.80. The van der Waals surface area contributed by atoms with Crippen LogP contribution < -0.4 is 0 Å². The number of fused-ring (bicyclic) bond motifs is 1. The fraction of sp³-hybridized carbons (Fsp3) is 0.100. The van der Waals surface area contributed by atoms with E-state index in [1.807, 2.05) is 18.2 Å². The van der Waals surface area contributed by atoms with Crippen LogP contribution in [0.15, 0.2) is 30.6 Å². The van der Waals surface area contributed by atoms with Gasteiger partial charge in [-0.2, -0.15) is 0 Å². The molecule has 0 atom stereocenters. The molecule has 0 unspecified atom stereocenters. The highest BCUT2D eigenvalue weighted by Gasteiger charge is 1.94. The van der Waals surface area contributed by atoms with Crippen LogP contribution in [0.5, 0.6) is 0 Å². The zero-order valence-corrected chi connectivity index (χ0v) is 6.70. The van der Waals surface area contributed by atoms with Crippen LogP contribution in [0.3, 0.4) is 0 Å². The molecule has 2 heteroatoms. The van der Waals surface area contributed by atoms with E-state index in [1.54, 1.807) is 12.4 Å². The van der Waals surface area contributed by atoms with Gasteiger partial charge in [-0.05, 0) is 25.5 Å².